The lowest BCUT2D eigenvalue weighted by Crippen LogP contribution is -2.20. The normalized spacial score (nSPS) is 11.9. The van der Waals surface area contributed by atoms with Crippen LogP contribution in [0.3, 0.4) is 0 Å². The third-order valence-corrected chi connectivity index (χ3v) is 5.02. The SMILES string of the molecule is Cc1cccc(C(O)C(=O)Nc2nnc(CCCCc3ccc(N)nn3)s2)c1. The van der Waals surface area contributed by atoms with Crippen LogP contribution in [-0.4, -0.2) is 31.4 Å². The number of nitrogens with zero attached hydrogens (tertiary/aromatic N) is 4. The highest BCUT2D eigenvalue weighted by Crippen LogP contribution is 2.21. The summed E-state index contributed by atoms with van der Waals surface area (Å²) >= 11 is 1.32. The Bertz CT molecular complexity index is 928. The second-order valence-corrected chi connectivity index (χ2v) is 7.53. The molecule has 9 heteroatoms. The summed E-state index contributed by atoms with van der Waals surface area (Å²) in [6.45, 7) is 1.91. The maximum absolute atomic E-state index is 12.2. The van der Waals surface area contributed by atoms with Gasteiger partial charge in [0.25, 0.3) is 5.91 Å². The van der Waals surface area contributed by atoms with E-state index in [0.29, 0.717) is 16.5 Å². The number of carbonyl (C=O) groups excluding carboxylic acids is 1. The van der Waals surface area contributed by atoms with Gasteiger partial charge in [0.2, 0.25) is 5.13 Å². The van der Waals surface area contributed by atoms with Crippen LogP contribution in [0, 0.1) is 6.92 Å². The summed E-state index contributed by atoms with van der Waals surface area (Å²) in [5.41, 5.74) is 7.95. The van der Waals surface area contributed by atoms with Crippen LogP contribution >= 0.6 is 11.3 Å². The number of benzene rings is 1. The molecule has 2 heterocycles. The first kappa shape index (κ1) is 19.8. The largest absolute Gasteiger partial charge is 0.382 e. The number of anilines is 2. The number of aliphatic hydroxyl groups excluding tert-OH is 1. The Balaban J connectivity index is 1.45. The summed E-state index contributed by atoms with van der Waals surface area (Å²) in [6.07, 6.45) is 2.19. The van der Waals surface area contributed by atoms with E-state index >= 15 is 0 Å². The van der Waals surface area contributed by atoms with Gasteiger partial charge in [0.15, 0.2) is 6.10 Å². The lowest BCUT2D eigenvalue weighted by Gasteiger charge is -2.10. The fraction of sp³-hybridized carbons (Fsp3) is 0.316. The lowest BCUT2D eigenvalue weighted by molar-refractivity contribution is -0.124. The van der Waals surface area contributed by atoms with Gasteiger partial charge in [-0.15, -0.1) is 15.3 Å². The summed E-state index contributed by atoms with van der Waals surface area (Å²) in [5.74, 6) is -0.102. The standard InChI is InChI=1S/C19H22N6O2S/c1-12-5-4-6-13(11-12)17(26)18(27)21-19-25-24-16(28-19)8-3-2-7-14-9-10-15(20)23-22-14/h4-6,9-11,17,26H,2-3,7-8H2,1H3,(H2,20,23)(H,21,25,27). The number of hydrogen-bond donors (Lipinski definition) is 3. The summed E-state index contributed by atoms with van der Waals surface area (Å²) in [7, 11) is 0. The Morgan fingerprint density at radius 3 is 2.71 bits per heavy atom. The molecule has 0 aliphatic rings. The van der Waals surface area contributed by atoms with Gasteiger partial charge in [0.1, 0.15) is 10.8 Å². The number of nitrogens with one attached hydrogen (secondary N) is 1. The second kappa shape index (κ2) is 9.34. The zero-order valence-electron chi connectivity index (χ0n) is 15.5. The molecule has 8 nitrogen and oxygen atoms in total. The minimum atomic E-state index is -1.24. The van der Waals surface area contributed by atoms with Crippen LogP contribution in [0.2, 0.25) is 0 Å². The predicted molar refractivity (Wildman–Crippen MR) is 108 cm³/mol. The Kier molecular flexibility index (Phi) is 6.62. The van der Waals surface area contributed by atoms with E-state index in [1.165, 1.54) is 11.3 Å². The number of aliphatic hydroxyl groups is 1. The number of aryl methyl sites for hydroxylation is 3. The van der Waals surface area contributed by atoms with Crippen molar-refractivity contribution in [1.29, 1.82) is 0 Å². The number of carbonyl (C=O) groups is 1. The van der Waals surface area contributed by atoms with E-state index in [1.54, 1.807) is 24.3 Å². The van der Waals surface area contributed by atoms with Gasteiger partial charge in [-0.3, -0.25) is 10.1 Å². The zero-order valence-corrected chi connectivity index (χ0v) is 16.3. The molecule has 3 aromatic rings. The predicted octanol–water partition coefficient (Wildman–Crippen LogP) is 2.46. The van der Waals surface area contributed by atoms with Gasteiger partial charge >= 0.3 is 0 Å². The molecule has 4 N–H and O–H groups in total. The van der Waals surface area contributed by atoms with E-state index in [0.717, 1.165) is 41.9 Å². The van der Waals surface area contributed by atoms with E-state index in [4.69, 9.17) is 5.73 Å². The number of rotatable bonds is 8. The maximum Gasteiger partial charge on any atom is 0.259 e. The van der Waals surface area contributed by atoms with Crippen LogP contribution < -0.4 is 11.1 Å². The Hall–Kier alpha value is -2.91. The lowest BCUT2D eigenvalue weighted by atomic mass is 10.1. The third kappa shape index (κ3) is 5.54. The molecule has 2 aromatic heterocycles. The molecule has 0 radical (unpaired) electrons. The Morgan fingerprint density at radius 2 is 1.96 bits per heavy atom. The summed E-state index contributed by atoms with van der Waals surface area (Å²) in [5, 5.41) is 30.0. The van der Waals surface area contributed by atoms with Crippen LogP contribution in [0.25, 0.3) is 0 Å². The number of nitrogen functional groups attached to an aromatic ring is 1. The molecule has 0 bridgehead atoms. The Labute approximate surface area is 166 Å². The number of unbranched alkanes of at least 4 members (excludes halogenated alkanes) is 1. The van der Waals surface area contributed by atoms with E-state index in [-0.39, 0.29) is 0 Å². The number of aromatic nitrogens is 4. The van der Waals surface area contributed by atoms with Gasteiger partial charge in [-0.2, -0.15) is 5.10 Å². The molecule has 1 aromatic carbocycles. The first-order chi connectivity index (χ1) is 13.5. The topological polar surface area (TPSA) is 127 Å². The minimum Gasteiger partial charge on any atom is -0.382 e. The van der Waals surface area contributed by atoms with Crippen LogP contribution in [0.4, 0.5) is 10.9 Å². The average molecular weight is 398 g/mol. The molecule has 0 aliphatic carbocycles. The fourth-order valence-electron chi connectivity index (χ4n) is 2.66. The highest BCUT2D eigenvalue weighted by molar-refractivity contribution is 7.15. The molecule has 3 rings (SSSR count). The molecule has 1 unspecified atom stereocenters. The van der Waals surface area contributed by atoms with Gasteiger partial charge < -0.3 is 10.8 Å². The summed E-state index contributed by atoms with van der Waals surface area (Å²) in [6, 6.07) is 10.8. The monoisotopic (exact) mass is 398 g/mol. The zero-order chi connectivity index (χ0) is 19.9. The van der Waals surface area contributed by atoms with Crippen molar-refractivity contribution in [1.82, 2.24) is 20.4 Å². The minimum absolute atomic E-state index is 0.385. The van der Waals surface area contributed by atoms with Crippen LogP contribution in [0.15, 0.2) is 36.4 Å². The quantitative estimate of drug-likeness (QED) is 0.497. The average Bonchev–Trinajstić information content (AvgIpc) is 3.13. The molecule has 0 saturated carbocycles. The smallest absolute Gasteiger partial charge is 0.259 e. The number of nitrogens with two attached hydrogens (primary N) is 1. The summed E-state index contributed by atoms with van der Waals surface area (Å²) in [4.78, 5) is 12.2. The van der Waals surface area contributed by atoms with Gasteiger partial charge in [0, 0.05) is 6.42 Å². The highest BCUT2D eigenvalue weighted by Gasteiger charge is 2.19. The van der Waals surface area contributed by atoms with E-state index in [1.807, 2.05) is 19.1 Å². The van der Waals surface area contributed by atoms with Crippen LogP contribution in [0.1, 0.15) is 40.8 Å². The first-order valence-electron chi connectivity index (χ1n) is 8.97. The van der Waals surface area contributed by atoms with Crippen molar-refractivity contribution >= 4 is 28.2 Å². The van der Waals surface area contributed by atoms with Gasteiger partial charge in [-0.25, -0.2) is 0 Å². The Morgan fingerprint density at radius 1 is 1.14 bits per heavy atom. The van der Waals surface area contributed by atoms with Crippen molar-refractivity contribution in [2.24, 2.45) is 0 Å². The molecule has 0 spiro atoms. The molecule has 146 valence electrons. The number of hydrogen-bond acceptors (Lipinski definition) is 8. The highest BCUT2D eigenvalue weighted by atomic mass is 32.1. The van der Waals surface area contributed by atoms with Crippen molar-refractivity contribution in [3.05, 3.63) is 58.2 Å². The van der Waals surface area contributed by atoms with Crippen molar-refractivity contribution in [2.45, 2.75) is 38.7 Å². The van der Waals surface area contributed by atoms with E-state index in [9.17, 15) is 9.90 Å². The van der Waals surface area contributed by atoms with Crippen molar-refractivity contribution in [2.75, 3.05) is 11.1 Å². The molecule has 1 atom stereocenters. The molecule has 28 heavy (non-hydrogen) atoms. The van der Waals surface area contributed by atoms with Gasteiger partial charge in [-0.1, -0.05) is 41.2 Å². The maximum atomic E-state index is 12.2. The molecular weight excluding hydrogens is 376 g/mol. The molecular formula is C19H22N6O2S. The van der Waals surface area contributed by atoms with Gasteiger partial charge in [-0.05, 0) is 43.9 Å². The van der Waals surface area contributed by atoms with Gasteiger partial charge in [0.05, 0.1) is 5.69 Å². The fourth-order valence-corrected chi connectivity index (χ4v) is 3.44. The van der Waals surface area contributed by atoms with E-state index in [2.05, 4.69) is 25.7 Å². The van der Waals surface area contributed by atoms with Crippen molar-refractivity contribution in [3.8, 4) is 0 Å². The second-order valence-electron chi connectivity index (χ2n) is 6.46. The molecule has 0 saturated heterocycles. The summed E-state index contributed by atoms with van der Waals surface area (Å²) < 4.78 is 0. The first-order valence-corrected chi connectivity index (χ1v) is 9.79. The van der Waals surface area contributed by atoms with Crippen molar-refractivity contribution in [3.63, 3.8) is 0 Å². The number of amides is 1. The molecule has 0 fully saturated rings. The molecule has 1 amide bonds. The van der Waals surface area contributed by atoms with E-state index < -0.39 is 12.0 Å². The van der Waals surface area contributed by atoms with Crippen LogP contribution in [-0.2, 0) is 17.6 Å². The third-order valence-electron chi connectivity index (χ3n) is 4.12. The van der Waals surface area contributed by atoms with Crippen molar-refractivity contribution < 1.29 is 9.90 Å². The van der Waals surface area contributed by atoms with Crippen LogP contribution in [0.5, 0.6) is 0 Å². The molecule has 0 aliphatic heterocycles.